The Hall–Kier alpha value is -1.89. The van der Waals surface area contributed by atoms with Gasteiger partial charge in [-0.15, -0.1) is 0 Å². The number of carbonyl (C=O) groups is 1. The van der Waals surface area contributed by atoms with Gasteiger partial charge in [0, 0.05) is 12.3 Å². The predicted octanol–water partition coefficient (Wildman–Crippen LogP) is 4.97. The number of anilines is 1. The average molecular weight is 451 g/mol. The van der Waals surface area contributed by atoms with E-state index in [1.807, 2.05) is 0 Å². The summed E-state index contributed by atoms with van der Waals surface area (Å²) >= 11 is 6.12. The number of hydrogen-bond donors (Lipinski definition) is 2. The van der Waals surface area contributed by atoms with Crippen molar-refractivity contribution in [2.75, 3.05) is 18.1 Å². The SMILES string of the molecule is CC(C)[C@@H](NCC(=O)Nc1cc(S(C)(=O)=O)ccc1Cl)c1ccc(C(C)(C)C)cc1. The van der Waals surface area contributed by atoms with Crippen LogP contribution >= 0.6 is 11.6 Å². The van der Waals surface area contributed by atoms with Crippen LogP contribution in [0.15, 0.2) is 47.4 Å². The summed E-state index contributed by atoms with van der Waals surface area (Å²) in [6.07, 6.45) is 1.11. The first-order valence-corrected chi connectivity index (χ1v) is 12.2. The molecule has 0 aliphatic heterocycles. The highest BCUT2D eigenvalue weighted by molar-refractivity contribution is 7.90. The van der Waals surface area contributed by atoms with Crippen molar-refractivity contribution < 1.29 is 13.2 Å². The molecular weight excluding hydrogens is 420 g/mol. The molecule has 0 aliphatic carbocycles. The lowest BCUT2D eigenvalue weighted by atomic mass is 9.85. The molecule has 164 valence electrons. The molecule has 0 aromatic heterocycles. The lowest BCUT2D eigenvalue weighted by molar-refractivity contribution is -0.115. The van der Waals surface area contributed by atoms with Crippen LogP contribution in [0.5, 0.6) is 0 Å². The Bertz CT molecular complexity index is 994. The van der Waals surface area contributed by atoms with Crippen LogP contribution in [0.3, 0.4) is 0 Å². The summed E-state index contributed by atoms with van der Waals surface area (Å²) in [7, 11) is -3.39. The lowest BCUT2D eigenvalue weighted by Crippen LogP contribution is -2.33. The second kappa shape index (κ2) is 9.50. The maximum atomic E-state index is 12.5. The summed E-state index contributed by atoms with van der Waals surface area (Å²) in [5.74, 6) is -0.0186. The normalized spacial score (nSPS) is 13.3. The van der Waals surface area contributed by atoms with Gasteiger partial charge >= 0.3 is 0 Å². The standard InChI is InChI=1S/C23H31ClN2O3S/c1-15(2)22(16-7-9-17(10-8-16)23(3,4)5)25-14-21(27)26-20-13-18(30(6,28)29)11-12-19(20)24/h7-13,15,22,25H,14H2,1-6H3,(H,26,27)/t22-/m1/s1. The molecule has 1 atom stereocenters. The minimum atomic E-state index is -3.39. The Morgan fingerprint density at radius 2 is 1.67 bits per heavy atom. The molecule has 2 aromatic carbocycles. The number of benzene rings is 2. The zero-order valence-electron chi connectivity index (χ0n) is 18.4. The van der Waals surface area contributed by atoms with E-state index >= 15 is 0 Å². The van der Waals surface area contributed by atoms with E-state index in [-0.39, 0.29) is 45.4 Å². The number of sulfone groups is 1. The maximum absolute atomic E-state index is 12.5. The van der Waals surface area contributed by atoms with E-state index < -0.39 is 9.84 Å². The molecule has 0 aliphatic rings. The molecule has 2 rings (SSSR count). The van der Waals surface area contributed by atoms with E-state index in [0.29, 0.717) is 0 Å². The van der Waals surface area contributed by atoms with Crippen LogP contribution in [0, 0.1) is 5.92 Å². The number of nitrogens with one attached hydrogen (secondary N) is 2. The van der Waals surface area contributed by atoms with Gasteiger partial charge in [0.15, 0.2) is 9.84 Å². The summed E-state index contributed by atoms with van der Waals surface area (Å²) in [6, 6.07) is 12.7. The number of rotatable bonds is 7. The van der Waals surface area contributed by atoms with Gasteiger partial charge in [0.1, 0.15) is 0 Å². The largest absolute Gasteiger partial charge is 0.324 e. The van der Waals surface area contributed by atoms with Crippen molar-refractivity contribution in [1.29, 1.82) is 0 Å². The summed E-state index contributed by atoms with van der Waals surface area (Å²) in [5.41, 5.74) is 2.73. The Morgan fingerprint density at radius 1 is 1.07 bits per heavy atom. The molecule has 0 unspecified atom stereocenters. The molecule has 2 aromatic rings. The molecule has 30 heavy (non-hydrogen) atoms. The molecule has 0 bridgehead atoms. The lowest BCUT2D eigenvalue weighted by Gasteiger charge is -2.25. The Balaban J connectivity index is 2.09. The first-order chi connectivity index (χ1) is 13.8. The highest BCUT2D eigenvalue weighted by atomic mass is 35.5. The third-order valence-electron chi connectivity index (χ3n) is 4.93. The average Bonchev–Trinajstić information content (AvgIpc) is 2.62. The van der Waals surface area contributed by atoms with E-state index in [2.05, 4.69) is 69.5 Å². The fourth-order valence-corrected chi connectivity index (χ4v) is 3.97. The Morgan fingerprint density at radius 3 is 2.17 bits per heavy atom. The van der Waals surface area contributed by atoms with Crippen LogP contribution < -0.4 is 10.6 Å². The van der Waals surface area contributed by atoms with E-state index in [1.165, 1.54) is 23.8 Å². The topological polar surface area (TPSA) is 75.3 Å². The van der Waals surface area contributed by atoms with Gasteiger partial charge in [-0.25, -0.2) is 8.42 Å². The van der Waals surface area contributed by atoms with Crippen LogP contribution in [0.2, 0.25) is 5.02 Å². The Kier molecular flexibility index (Phi) is 7.72. The van der Waals surface area contributed by atoms with Crippen molar-refractivity contribution in [3.63, 3.8) is 0 Å². The van der Waals surface area contributed by atoms with Gasteiger partial charge in [0.2, 0.25) is 5.91 Å². The van der Waals surface area contributed by atoms with Gasteiger partial charge in [-0.05, 0) is 40.7 Å². The number of hydrogen-bond acceptors (Lipinski definition) is 4. The third kappa shape index (κ3) is 6.56. The number of halogens is 1. The van der Waals surface area contributed by atoms with Gasteiger partial charge in [-0.1, -0.05) is 70.5 Å². The van der Waals surface area contributed by atoms with Gasteiger partial charge in [-0.2, -0.15) is 0 Å². The number of carbonyl (C=O) groups excluding carboxylic acids is 1. The monoisotopic (exact) mass is 450 g/mol. The molecule has 0 fully saturated rings. The first-order valence-electron chi connectivity index (χ1n) is 9.92. The fourth-order valence-electron chi connectivity index (χ4n) is 3.16. The molecule has 7 heteroatoms. The van der Waals surface area contributed by atoms with E-state index in [4.69, 9.17) is 11.6 Å². The predicted molar refractivity (Wildman–Crippen MR) is 124 cm³/mol. The minimum absolute atomic E-state index is 0.00240. The molecule has 0 heterocycles. The zero-order chi connectivity index (χ0) is 22.7. The second-order valence-electron chi connectivity index (χ2n) is 8.94. The van der Waals surface area contributed by atoms with Crippen LogP contribution in [0.25, 0.3) is 0 Å². The molecule has 1 amide bonds. The molecule has 0 saturated carbocycles. The quantitative estimate of drug-likeness (QED) is 0.624. The third-order valence-corrected chi connectivity index (χ3v) is 6.36. The highest BCUT2D eigenvalue weighted by Gasteiger charge is 2.19. The van der Waals surface area contributed by atoms with Gasteiger partial charge in [0.25, 0.3) is 0 Å². The van der Waals surface area contributed by atoms with Crippen molar-refractivity contribution in [1.82, 2.24) is 5.32 Å². The van der Waals surface area contributed by atoms with E-state index in [0.717, 1.165) is 11.8 Å². The van der Waals surface area contributed by atoms with Crippen LogP contribution in [0.4, 0.5) is 5.69 Å². The zero-order valence-corrected chi connectivity index (χ0v) is 20.0. The Labute approximate surface area is 185 Å². The summed E-state index contributed by atoms with van der Waals surface area (Å²) in [4.78, 5) is 12.6. The van der Waals surface area contributed by atoms with Crippen LogP contribution in [-0.4, -0.2) is 27.1 Å². The van der Waals surface area contributed by atoms with Crippen molar-refractivity contribution >= 4 is 33.0 Å². The van der Waals surface area contributed by atoms with Crippen molar-refractivity contribution in [2.45, 2.75) is 51.0 Å². The van der Waals surface area contributed by atoms with Gasteiger partial charge < -0.3 is 10.6 Å². The first kappa shape index (κ1) is 24.4. The van der Waals surface area contributed by atoms with Crippen molar-refractivity contribution in [3.8, 4) is 0 Å². The van der Waals surface area contributed by atoms with Gasteiger partial charge in [-0.3, -0.25) is 4.79 Å². The smallest absolute Gasteiger partial charge is 0.238 e. The maximum Gasteiger partial charge on any atom is 0.238 e. The van der Waals surface area contributed by atoms with Crippen LogP contribution in [0.1, 0.15) is 51.8 Å². The molecule has 5 nitrogen and oxygen atoms in total. The minimum Gasteiger partial charge on any atom is -0.324 e. The molecule has 0 spiro atoms. The second-order valence-corrected chi connectivity index (χ2v) is 11.4. The van der Waals surface area contributed by atoms with Crippen LogP contribution in [-0.2, 0) is 20.0 Å². The van der Waals surface area contributed by atoms with E-state index in [1.54, 1.807) is 0 Å². The molecule has 2 N–H and O–H groups in total. The summed E-state index contributed by atoms with van der Waals surface area (Å²) < 4.78 is 23.5. The molecule has 0 saturated heterocycles. The highest BCUT2D eigenvalue weighted by Crippen LogP contribution is 2.27. The van der Waals surface area contributed by atoms with E-state index in [9.17, 15) is 13.2 Å². The molecule has 0 radical (unpaired) electrons. The molecular formula is C23H31ClN2O3S. The van der Waals surface area contributed by atoms with Crippen molar-refractivity contribution in [3.05, 3.63) is 58.6 Å². The fraction of sp³-hybridized carbons (Fsp3) is 0.435. The summed E-state index contributed by atoms with van der Waals surface area (Å²) in [6.45, 7) is 10.8. The van der Waals surface area contributed by atoms with Gasteiger partial charge in [0.05, 0.1) is 22.2 Å². The van der Waals surface area contributed by atoms with Crippen molar-refractivity contribution in [2.24, 2.45) is 5.92 Å². The summed E-state index contributed by atoms with van der Waals surface area (Å²) in [5, 5.41) is 6.29. The number of amides is 1.